The lowest BCUT2D eigenvalue weighted by atomic mass is 10.2. The van der Waals surface area contributed by atoms with E-state index in [0.717, 1.165) is 5.56 Å². The Balaban J connectivity index is 1.97. The van der Waals surface area contributed by atoms with Crippen LogP contribution in [0.5, 0.6) is 0 Å². The SMILES string of the molecule is OC(OCc1ccccc1)=C1C=CC=C1. The van der Waals surface area contributed by atoms with Crippen molar-refractivity contribution < 1.29 is 9.84 Å². The van der Waals surface area contributed by atoms with Crippen LogP contribution in [-0.4, -0.2) is 5.11 Å². The topological polar surface area (TPSA) is 29.5 Å². The zero-order chi connectivity index (χ0) is 10.5. The average Bonchev–Trinajstić information content (AvgIpc) is 2.81. The summed E-state index contributed by atoms with van der Waals surface area (Å²) in [5, 5.41) is 9.57. The molecule has 1 N–H and O–H groups in total. The Hall–Kier alpha value is -1.96. The largest absolute Gasteiger partial charge is 0.481 e. The van der Waals surface area contributed by atoms with Gasteiger partial charge in [0, 0.05) is 0 Å². The number of hydrogen-bond donors (Lipinski definition) is 1. The van der Waals surface area contributed by atoms with Gasteiger partial charge in [-0.2, -0.15) is 0 Å². The molecule has 15 heavy (non-hydrogen) atoms. The maximum Gasteiger partial charge on any atom is 0.284 e. The van der Waals surface area contributed by atoms with Crippen LogP contribution in [0.25, 0.3) is 0 Å². The van der Waals surface area contributed by atoms with E-state index in [-0.39, 0.29) is 5.95 Å². The van der Waals surface area contributed by atoms with Gasteiger partial charge >= 0.3 is 0 Å². The van der Waals surface area contributed by atoms with Crippen molar-refractivity contribution >= 4 is 0 Å². The van der Waals surface area contributed by atoms with E-state index in [1.54, 1.807) is 12.2 Å². The Labute approximate surface area is 88.8 Å². The Morgan fingerprint density at radius 1 is 1.07 bits per heavy atom. The molecule has 1 aliphatic carbocycles. The van der Waals surface area contributed by atoms with Gasteiger partial charge in [0.05, 0.1) is 5.57 Å². The van der Waals surface area contributed by atoms with Crippen molar-refractivity contribution in [3.8, 4) is 0 Å². The minimum Gasteiger partial charge on any atom is -0.481 e. The molecule has 1 aromatic carbocycles. The molecule has 0 atom stereocenters. The normalized spacial score (nSPS) is 13.2. The van der Waals surface area contributed by atoms with Crippen molar-refractivity contribution in [1.82, 2.24) is 0 Å². The monoisotopic (exact) mass is 200 g/mol. The van der Waals surface area contributed by atoms with Crippen LogP contribution in [0.1, 0.15) is 5.56 Å². The number of allylic oxidation sites excluding steroid dienone is 5. The maximum absolute atomic E-state index is 9.57. The summed E-state index contributed by atoms with van der Waals surface area (Å²) in [7, 11) is 0. The summed E-state index contributed by atoms with van der Waals surface area (Å²) >= 11 is 0. The number of aliphatic hydroxyl groups excluding tert-OH is 1. The molecule has 0 heterocycles. The summed E-state index contributed by atoms with van der Waals surface area (Å²) in [5.41, 5.74) is 1.75. The van der Waals surface area contributed by atoms with Crippen LogP contribution < -0.4 is 0 Å². The summed E-state index contributed by atoms with van der Waals surface area (Å²) in [4.78, 5) is 0. The van der Waals surface area contributed by atoms with Crippen LogP contribution in [0.3, 0.4) is 0 Å². The molecule has 2 heteroatoms. The van der Waals surface area contributed by atoms with Gasteiger partial charge in [-0.25, -0.2) is 0 Å². The Kier molecular flexibility index (Phi) is 2.88. The molecular formula is C13H12O2. The second-order valence-corrected chi connectivity index (χ2v) is 3.25. The molecule has 0 aliphatic heterocycles. The molecule has 0 aromatic heterocycles. The van der Waals surface area contributed by atoms with Gasteiger partial charge in [0.1, 0.15) is 6.61 Å². The lowest BCUT2D eigenvalue weighted by molar-refractivity contribution is 0.0807. The molecule has 0 radical (unpaired) electrons. The van der Waals surface area contributed by atoms with Crippen LogP contribution in [0.2, 0.25) is 0 Å². The minimum absolute atomic E-state index is 0.0242. The second kappa shape index (κ2) is 4.51. The molecule has 2 nitrogen and oxygen atoms in total. The molecular weight excluding hydrogens is 188 g/mol. The van der Waals surface area contributed by atoms with Crippen molar-refractivity contribution in [1.29, 1.82) is 0 Å². The van der Waals surface area contributed by atoms with E-state index in [1.807, 2.05) is 42.5 Å². The summed E-state index contributed by atoms with van der Waals surface area (Å²) in [6.45, 7) is 0.387. The first kappa shape index (κ1) is 9.59. The Morgan fingerprint density at radius 2 is 1.73 bits per heavy atom. The first-order valence-electron chi connectivity index (χ1n) is 4.81. The van der Waals surface area contributed by atoms with Gasteiger partial charge in [0.2, 0.25) is 0 Å². The standard InChI is InChI=1S/C13H12O2/c14-13(12-8-4-5-9-12)15-10-11-6-2-1-3-7-11/h1-9,14H,10H2. The maximum atomic E-state index is 9.57. The van der Waals surface area contributed by atoms with Gasteiger partial charge in [0.15, 0.2) is 0 Å². The lowest BCUT2D eigenvalue weighted by Gasteiger charge is -2.05. The number of hydrogen-bond acceptors (Lipinski definition) is 2. The van der Waals surface area contributed by atoms with Crippen LogP contribution in [0.15, 0.2) is 66.2 Å². The average molecular weight is 200 g/mol. The highest BCUT2D eigenvalue weighted by molar-refractivity contribution is 5.40. The first-order valence-corrected chi connectivity index (χ1v) is 4.81. The molecule has 1 aromatic rings. The summed E-state index contributed by atoms with van der Waals surface area (Å²) in [6, 6.07) is 9.75. The third kappa shape index (κ3) is 2.50. The van der Waals surface area contributed by atoms with Gasteiger partial charge in [-0.05, 0) is 17.7 Å². The molecule has 0 saturated carbocycles. The molecule has 0 saturated heterocycles. The predicted octanol–water partition coefficient (Wildman–Crippen LogP) is 3.10. The highest BCUT2D eigenvalue weighted by Gasteiger charge is 2.03. The zero-order valence-corrected chi connectivity index (χ0v) is 8.26. The van der Waals surface area contributed by atoms with Gasteiger partial charge < -0.3 is 9.84 Å². The summed E-state index contributed by atoms with van der Waals surface area (Å²) in [5.74, 6) is -0.0242. The van der Waals surface area contributed by atoms with Crippen molar-refractivity contribution in [2.45, 2.75) is 6.61 Å². The van der Waals surface area contributed by atoms with Gasteiger partial charge in [0.25, 0.3) is 5.95 Å². The van der Waals surface area contributed by atoms with E-state index < -0.39 is 0 Å². The van der Waals surface area contributed by atoms with E-state index in [4.69, 9.17) is 4.74 Å². The van der Waals surface area contributed by atoms with Gasteiger partial charge in [-0.15, -0.1) is 0 Å². The fraction of sp³-hybridized carbons (Fsp3) is 0.0769. The van der Waals surface area contributed by atoms with Crippen molar-refractivity contribution in [2.75, 3.05) is 0 Å². The van der Waals surface area contributed by atoms with Crippen LogP contribution >= 0.6 is 0 Å². The number of rotatable bonds is 3. The number of benzene rings is 1. The summed E-state index contributed by atoms with van der Waals surface area (Å²) < 4.78 is 5.24. The molecule has 0 spiro atoms. The van der Waals surface area contributed by atoms with Crippen molar-refractivity contribution in [2.24, 2.45) is 0 Å². The van der Waals surface area contributed by atoms with Crippen LogP contribution in [0.4, 0.5) is 0 Å². The van der Waals surface area contributed by atoms with E-state index in [0.29, 0.717) is 12.2 Å². The fourth-order valence-corrected chi connectivity index (χ4v) is 1.33. The molecule has 0 amide bonds. The highest BCUT2D eigenvalue weighted by Crippen LogP contribution is 2.13. The number of ether oxygens (including phenoxy) is 1. The molecule has 0 unspecified atom stereocenters. The van der Waals surface area contributed by atoms with E-state index >= 15 is 0 Å². The minimum atomic E-state index is -0.0242. The number of aliphatic hydroxyl groups is 1. The lowest BCUT2D eigenvalue weighted by Crippen LogP contribution is -1.94. The van der Waals surface area contributed by atoms with E-state index in [1.165, 1.54) is 0 Å². The molecule has 0 fully saturated rings. The van der Waals surface area contributed by atoms with E-state index in [2.05, 4.69) is 0 Å². The zero-order valence-electron chi connectivity index (χ0n) is 8.26. The van der Waals surface area contributed by atoms with Crippen molar-refractivity contribution in [3.63, 3.8) is 0 Å². The molecule has 0 bridgehead atoms. The quantitative estimate of drug-likeness (QED) is 0.760. The Morgan fingerprint density at radius 3 is 2.40 bits per heavy atom. The van der Waals surface area contributed by atoms with Crippen LogP contribution in [-0.2, 0) is 11.3 Å². The fourth-order valence-electron chi connectivity index (χ4n) is 1.33. The van der Waals surface area contributed by atoms with Gasteiger partial charge in [-0.3, -0.25) is 0 Å². The van der Waals surface area contributed by atoms with Crippen LogP contribution in [0, 0.1) is 0 Å². The third-order valence-electron chi connectivity index (χ3n) is 2.13. The summed E-state index contributed by atoms with van der Waals surface area (Å²) in [6.07, 6.45) is 7.33. The predicted molar refractivity (Wildman–Crippen MR) is 59.2 cm³/mol. The molecule has 1 aliphatic rings. The second-order valence-electron chi connectivity index (χ2n) is 3.25. The highest BCUT2D eigenvalue weighted by atomic mass is 16.6. The Bertz CT molecular complexity index is 399. The third-order valence-corrected chi connectivity index (χ3v) is 2.13. The smallest absolute Gasteiger partial charge is 0.284 e. The van der Waals surface area contributed by atoms with Gasteiger partial charge in [-0.1, -0.05) is 42.5 Å². The molecule has 76 valence electrons. The first-order chi connectivity index (χ1) is 7.36. The van der Waals surface area contributed by atoms with E-state index in [9.17, 15) is 5.11 Å². The molecule has 2 rings (SSSR count). The van der Waals surface area contributed by atoms with Crippen molar-refractivity contribution in [3.05, 3.63) is 71.7 Å².